The first kappa shape index (κ1) is 19.8. The van der Waals surface area contributed by atoms with Gasteiger partial charge in [-0.3, -0.25) is 0 Å². The Morgan fingerprint density at radius 2 is 1.15 bits per heavy atom. The second-order valence-electron chi connectivity index (χ2n) is 7.54. The van der Waals surface area contributed by atoms with Gasteiger partial charge in [-0.25, -0.2) is 9.78 Å². The van der Waals surface area contributed by atoms with E-state index >= 15 is 0 Å². The largest absolute Gasteiger partial charge is 0.234 e. The molecule has 0 N–H and O–H groups in total. The lowest BCUT2D eigenvalue weighted by atomic mass is 9.97. The Morgan fingerprint density at radius 3 is 1.40 bits per heavy atom. The first-order valence-electron chi connectivity index (χ1n) is 7.66. The van der Waals surface area contributed by atoms with Crippen LogP contribution in [0, 0.1) is 5.92 Å². The molecule has 0 aromatic rings. The van der Waals surface area contributed by atoms with Crippen LogP contribution in [0.25, 0.3) is 0 Å². The highest BCUT2D eigenvalue weighted by atomic mass is 17.3. The minimum Gasteiger partial charge on any atom is -0.228 e. The van der Waals surface area contributed by atoms with Gasteiger partial charge >= 0.3 is 0 Å². The van der Waals surface area contributed by atoms with Crippen molar-refractivity contribution in [1.82, 2.24) is 0 Å². The third-order valence-electron chi connectivity index (χ3n) is 2.78. The minimum atomic E-state index is -0.865. The van der Waals surface area contributed by atoms with Gasteiger partial charge in [-0.15, -0.1) is 0 Å². The number of rotatable bonds is 8. The molecule has 0 heterocycles. The third-order valence-corrected chi connectivity index (χ3v) is 2.78. The van der Waals surface area contributed by atoms with Gasteiger partial charge in [0.1, 0.15) is 0 Å². The highest BCUT2D eigenvalue weighted by molar-refractivity contribution is 4.70. The van der Waals surface area contributed by atoms with E-state index in [-0.39, 0.29) is 11.2 Å². The van der Waals surface area contributed by atoms with Crippen LogP contribution in [0.4, 0.5) is 0 Å². The van der Waals surface area contributed by atoms with E-state index in [1.807, 2.05) is 48.5 Å². The Bertz CT molecular complexity index is 245. The van der Waals surface area contributed by atoms with Crippen LogP contribution in [0.2, 0.25) is 0 Å². The zero-order valence-corrected chi connectivity index (χ0v) is 14.8. The second kappa shape index (κ2) is 7.74. The summed E-state index contributed by atoms with van der Waals surface area (Å²) in [7, 11) is 0. The van der Waals surface area contributed by atoms with Gasteiger partial charge in [0.05, 0.1) is 11.2 Å². The normalized spacial score (nSPS) is 15.4. The summed E-state index contributed by atoms with van der Waals surface area (Å²) < 4.78 is 0. The molecule has 0 aliphatic carbocycles. The van der Waals surface area contributed by atoms with Crippen LogP contribution >= 0.6 is 0 Å². The Labute approximate surface area is 125 Å². The Balaban J connectivity index is 4.87. The Hall–Kier alpha value is -0.160. The van der Waals surface area contributed by atoms with Crippen molar-refractivity contribution in [3.05, 3.63) is 0 Å². The number of hydrogen-bond donors (Lipinski definition) is 0. The van der Waals surface area contributed by atoms with Crippen LogP contribution < -0.4 is 0 Å². The lowest BCUT2D eigenvalue weighted by Crippen LogP contribution is -2.41. The van der Waals surface area contributed by atoms with Crippen molar-refractivity contribution in [2.24, 2.45) is 5.92 Å². The summed E-state index contributed by atoms with van der Waals surface area (Å²) in [6.45, 7) is 18.0. The highest BCUT2D eigenvalue weighted by Crippen LogP contribution is 2.31. The number of hydrogen-bond acceptors (Lipinski definition) is 4. The molecule has 4 nitrogen and oxygen atoms in total. The quantitative estimate of drug-likeness (QED) is 0.357. The molecule has 0 aliphatic heterocycles. The summed E-state index contributed by atoms with van der Waals surface area (Å²) in [4.78, 5) is 22.3. The van der Waals surface area contributed by atoms with E-state index < -0.39 is 5.79 Å². The maximum absolute atomic E-state index is 5.66. The lowest BCUT2D eigenvalue weighted by Gasteiger charge is -2.36. The van der Waals surface area contributed by atoms with Gasteiger partial charge < -0.3 is 0 Å². The van der Waals surface area contributed by atoms with Gasteiger partial charge in [0.15, 0.2) is 0 Å². The minimum absolute atomic E-state index is 0.388. The van der Waals surface area contributed by atoms with Crippen molar-refractivity contribution in [2.75, 3.05) is 0 Å². The van der Waals surface area contributed by atoms with Gasteiger partial charge in [0.25, 0.3) is 0 Å². The van der Waals surface area contributed by atoms with Crippen molar-refractivity contribution in [2.45, 2.75) is 98.6 Å². The van der Waals surface area contributed by atoms with E-state index in [2.05, 4.69) is 13.8 Å². The van der Waals surface area contributed by atoms with Gasteiger partial charge in [-0.1, -0.05) is 27.2 Å². The second-order valence-corrected chi connectivity index (χ2v) is 7.54. The highest BCUT2D eigenvalue weighted by Gasteiger charge is 2.38. The molecule has 0 fully saturated rings. The van der Waals surface area contributed by atoms with Crippen molar-refractivity contribution in [3.63, 3.8) is 0 Å². The van der Waals surface area contributed by atoms with E-state index in [1.165, 1.54) is 0 Å². The van der Waals surface area contributed by atoms with Gasteiger partial charge in [0.2, 0.25) is 5.79 Å². The summed E-state index contributed by atoms with van der Waals surface area (Å²) in [6, 6.07) is 0. The molecule has 0 rings (SSSR count). The molecule has 1 atom stereocenters. The SMILES string of the molecule is CCC(C)CC(CC)(OOC(C)(C)C)OOC(C)(C)C. The maximum atomic E-state index is 5.66. The van der Waals surface area contributed by atoms with Crippen LogP contribution in [0.5, 0.6) is 0 Å². The summed E-state index contributed by atoms with van der Waals surface area (Å²) in [5, 5.41) is 0. The molecular formula is C16H34O4. The molecule has 0 aromatic carbocycles. The van der Waals surface area contributed by atoms with Crippen LogP contribution in [0.3, 0.4) is 0 Å². The van der Waals surface area contributed by atoms with Crippen LogP contribution in [0.15, 0.2) is 0 Å². The molecule has 0 amide bonds. The fourth-order valence-corrected chi connectivity index (χ4v) is 1.42. The van der Waals surface area contributed by atoms with Crippen LogP contribution in [-0.4, -0.2) is 17.0 Å². The summed E-state index contributed by atoms with van der Waals surface area (Å²) in [5.41, 5.74) is -0.776. The average Bonchev–Trinajstić information content (AvgIpc) is 2.30. The Kier molecular flexibility index (Phi) is 7.67. The first-order chi connectivity index (χ1) is 8.93. The predicted molar refractivity (Wildman–Crippen MR) is 80.9 cm³/mol. The molecular weight excluding hydrogens is 256 g/mol. The Morgan fingerprint density at radius 1 is 0.750 bits per heavy atom. The zero-order valence-electron chi connectivity index (χ0n) is 14.8. The third kappa shape index (κ3) is 8.90. The summed E-state index contributed by atoms with van der Waals surface area (Å²) in [6.07, 6.45) is 2.44. The molecule has 0 bridgehead atoms. The van der Waals surface area contributed by atoms with E-state index in [9.17, 15) is 0 Å². The topological polar surface area (TPSA) is 36.9 Å². The smallest absolute Gasteiger partial charge is 0.228 e. The maximum Gasteiger partial charge on any atom is 0.234 e. The monoisotopic (exact) mass is 290 g/mol. The van der Waals surface area contributed by atoms with Crippen LogP contribution in [0.1, 0.15) is 81.6 Å². The summed E-state index contributed by atoms with van der Waals surface area (Å²) in [5.74, 6) is -0.405. The fourth-order valence-electron chi connectivity index (χ4n) is 1.42. The van der Waals surface area contributed by atoms with Crippen molar-refractivity contribution in [3.8, 4) is 0 Å². The van der Waals surface area contributed by atoms with Gasteiger partial charge in [-0.2, -0.15) is 9.78 Å². The fraction of sp³-hybridized carbons (Fsp3) is 1.00. The first-order valence-corrected chi connectivity index (χ1v) is 7.66. The summed E-state index contributed by atoms with van der Waals surface area (Å²) >= 11 is 0. The molecule has 122 valence electrons. The van der Waals surface area contributed by atoms with E-state index in [1.54, 1.807) is 0 Å². The predicted octanol–water partition coefficient (Wildman–Crippen LogP) is 5.02. The molecule has 0 saturated heterocycles. The van der Waals surface area contributed by atoms with E-state index in [0.29, 0.717) is 12.3 Å². The van der Waals surface area contributed by atoms with E-state index in [0.717, 1.165) is 12.8 Å². The molecule has 20 heavy (non-hydrogen) atoms. The molecule has 0 aromatic heterocycles. The van der Waals surface area contributed by atoms with Gasteiger partial charge in [0, 0.05) is 12.8 Å². The van der Waals surface area contributed by atoms with Crippen molar-refractivity contribution >= 4 is 0 Å². The van der Waals surface area contributed by atoms with Crippen LogP contribution in [-0.2, 0) is 19.6 Å². The molecule has 0 aliphatic rings. The standard InChI is InChI=1S/C16H34O4/c1-10-13(3)12-16(11-2,19-17-14(4,5)6)20-18-15(7,8)9/h13H,10-12H2,1-9H3. The van der Waals surface area contributed by atoms with E-state index in [4.69, 9.17) is 19.6 Å². The molecule has 0 spiro atoms. The molecule has 0 saturated carbocycles. The lowest BCUT2D eigenvalue weighted by molar-refractivity contribution is -0.544. The van der Waals surface area contributed by atoms with Gasteiger partial charge in [-0.05, 0) is 47.5 Å². The molecule has 0 radical (unpaired) electrons. The molecule has 1 unspecified atom stereocenters. The van der Waals surface area contributed by atoms with Crippen molar-refractivity contribution < 1.29 is 19.6 Å². The zero-order chi connectivity index (χ0) is 16.0. The van der Waals surface area contributed by atoms with Crippen molar-refractivity contribution in [1.29, 1.82) is 0 Å². The average molecular weight is 290 g/mol. The molecule has 4 heteroatoms.